The molecule has 1 atom stereocenters. The Balaban J connectivity index is 2.03. The van der Waals surface area contributed by atoms with Gasteiger partial charge >= 0.3 is 0 Å². The van der Waals surface area contributed by atoms with Gasteiger partial charge < -0.3 is 9.73 Å². The molecule has 1 unspecified atom stereocenters. The van der Waals surface area contributed by atoms with Crippen molar-refractivity contribution >= 4 is 0 Å². The summed E-state index contributed by atoms with van der Waals surface area (Å²) in [5, 5.41) is 3.34. The molecule has 1 saturated carbocycles. The average Bonchev–Trinajstić information content (AvgIpc) is 2.80. The normalized spacial score (nSPS) is 22.5. The number of alkyl halides is 2. The van der Waals surface area contributed by atoms with Crippen LogP contribution >= 0.6 is 0 Å². The van der Waals surface area contributed by atoms with E-state index in [1.807, 2.05) is 19.1 Å². The van der Waals surface area contributed by atoms with Crippen LogP contribution in [0.5, 0.6) is 0 Å². The van der Waals surface area contributed by atoms with Gasteiger partial charge in [0.05, 0.1) is 12.3 Å². The molecular weight excluding hydrogens is 224 g/mol. The fourth-order valence-electron chi connectivity index (χ4n) is 2.58. The molecule has 1 fully saturated rings. The average molecular weight is 243 g/mol. The lowest BCUT2D eigenvalue weighted by Gasteiger charge is -2.33. The van der Waals surface area contributed by atoms with E-state index < -0.39 is 5.92 Å². The molecule has 1 aliphatic rings. The van der Waals surface area contributed by atoms with Gasteiger partial charge in [0.25, 0.3) is 0 Å². The molecule has 96 valence electrons. The van der Waals surface area contributed by atoms with Crippen molar-refractivity contribution in [2.24, 2.45) is 5.92 Å². The van der Waals surface area contributed by atoms with Gasteiger partial charge in [0.1, 0.15) is 5.76 Å². The molecule has 1 N–H and O–H groups in total. The second-order valence-electron chi connectivity index (χ2n) is 4.74. The zero-order valence-electron chi connectivity index (χ0n) is 10.1. The Bertz CT molecular complexity index is 327. The van der Waals surface area contributed by atoms with Crippen LogP contribution in [0.4, 0.5) is 8.78 Å². The Labute approximate surface area is 100 Å². The van der Waals surface area contributed by atoms with Crippen LogP contribution in [0, 0.1) is 5.92 Å². The van der Waals surface area contributed by atoms with E-state index in [0.29, 0.717) is 12.8 Å². The van der Waals surface area contributed by atoms with Gasteiger partial charge in [-0.25, -0.2) is 8.78 Å². The third-order valence-corrected chi connectivity index (χ3v) is 3.51. The summed E-state index contributed by atoms with van der Waals surface area (Å²) in [4.78, 5) is 0. The van der Waals surface area contributed by atoms with Crippen molar-refractivity contribution in [1.29, 1.82) is 0 Å². The van der Waals surface area contributed by atoms with Crippen molar-refractivity contribution in [2.45, 2.75) is 44.6 Å². The summed E-state index contributed by atoms with van der Waals surface area (Å²) in [6.45, 7) is 2.84. The standard InChI is InChI=1S/C13H19F2NO/c1-2-16-12(11-4-3-9-17-11)10-5-7-13(14,15)8-6-10/h3-4,9-10,12,16H,2,5-8H2,1H3. The molecule has 0 radical (unpaired) electrons. The molecular formula is C13H19F2NO. The van der Waals surface area contributed by atoms with Gasteiger partial charge in [0, 0.05) is 12.8 Å². The van der Waals surface area contributed by atoms with Gasteiger partial charge in [-0.1, -0.05) is 6.92 Å². The molecule has 1 aliphatic carbocycles. The van der Waals surface area contributed by atoms with Crippen LogP contribution in [-0.4, -0.2) is 12.5 Å². The molecule has 4 heteroatoms. The number of rotatable bonds is 4. The van der Waals surface area contributed by atoms with E-state index in [-0.39, 0.29) is 24.8 Å². The molecule has 17 heavy (non-hydrogen) atoms. The van der Waals surface area contributed by atoms with E-state index in [4.69, 9.17) is 4.42 Å². The number of halogens is 2. The largest absolute Gasteiger partial charge is 0.468 e. The van der Waals surface area contributed by atoms with Gasteiger partial charge in [-0.15, -0.1) is 0 Å². The van der Waals surface area contributed by atoms with Gasteiger partial charge in [-0.3, -0.25) is 0 Å². The molecule has 1 aromatic rings. The fourth-order valence-corrected chi connectivity index (χ4v) is 2.58. The molecule has 0 spiro atoms. The van der Waals surface area contributed by atoms with Crippen molar-refractivity contribution in [3.05, 3.63) is 24.2 Å². The fraction of sp³-hybridized carbons (Fsp3) is 0.692. The van der Waals surface area contributed by atoms with Crippen LogP contribution in [0.15, 0.2) is 22.8 Å². The molecule has 0 bridgehead atoms. The maximum absolute atomic E-state index is 13.1. The predicted molar refractivity (Wildman–Crippen MR) is 62.0 cm³/mol. The highest BCUT2D eigenvalue weighted by Gasteiger charge is 2.38. The molecule has 2 nitrogen and oxygen atoms in total. The van der Waals surface area contributed by atoms with Crippen LogP contribution in [0.1, 0.15) is 44.4 Å². The maximum atomic E-state index is 13.1. The van der Waals surface area contributed by atoms with Gasteiger partial charge in [-0.2, -0.15) is 0 Å². The Morgan fingerprint density at radius 3 is 2.71 bits per heavy atom. The van der Waals surface area contributed by atoms with Gasteiger partial charge in [0.15, 0.2) is 0 Å². The summed E-state index contributed by atoms with van der Waals surface area (Å²) in [5.41, 5.74) is 0. The Morgan fingerprint density at radius 1 is 1.47 bits per heavy atom. The molecule has 0 saturated heterocycles. The summed E-state index contributed by atoms with van der Waals surface area (Å²) in [7, 11) is 0. The number of hydrogen-bond acceptors (Lipinski definition) is 2. The summed E-state index contributed by atoms with van der Waals surface area (Å²) >= 11 is 0. The zero-order valence-corrected chi connectivity index (χ0v) is 10.1. The number of hydrogen-bond donors (Lipinski definition) is 1. The third-order valence-electron chi connectivity index (χ3n) is 3.51. The second kappa shape index (κ2) is 5.17. The van der Waals surface area contributed by atoms with Gasteiger partial charge in [-0.05, 0) is 37.4 Å². The minimum atomic E-state index is -2.46. The summed E-state index contributed by atoms with van der Waals surface area (Å²) < 4.78 is 31.7. The smallest absolute Gasteiger partial charge is 0.248 e. The van der Waals surface area contributed by atoms with Crippen LogP contribution in [0.2, 0.25) is 0 Å². The first-order chi connectivity index (χ1) is 8.12. The first-order valence-electron chi connectivity index (χ1n) is 6.27. The van der Waals surface area contributed by atoms with Crippen molar-refractivity contribution in [3.63, 3.8) is 0 Å². The van der Waals surface area contributed by atoms with Crippen molar-refractivity contribution < 1.29 is 13.2 Å². The van der Waals surface area contributed by atoms with Crippen molar-refractivity contribution in [2.75, 3.05) is 6.54 Å². The van der Waals surface area contributed by atoms with Crippen LogP contribution in [-0.2, 0) is 0 Å². The van der Waals surface area contributed by atoms with E-state index >= 15 is 0 Å². The Morgan fingerprint density at radius 2 is 2.18 bits per heavy atom. The quantitative estimate of drug-likeness (QED) is 0.871. The van der Waals surface area contributed by atoms with Crippen molar-refractivity contribution in [1.82, 2.24) is 5.32 Å². The third kappa shape index (κ3) is 3.06. The minimum absolute atomic E-state index is 0.000267. The molecule has 2 rings (SSSR count). The Hall–Kier alpha value is -0.900. The van der Waals surface area contributed by atoms with Gasteiger partial charge in [0.2, 0.25) is 5.92 Å². The van der Waals surface area contributed by atoms with E-state index in [2.05, 4.69) is 5.32 Å². The first-order valence-corrected chi connectivity index (χ1v) is 6.27. The lowest BCUT2D eigenvalue weighted by Crippen LogP contribution is -2.33. The first kappa shape index (κ1) is 12.6. The molecule has 0 aliphatic heterocycles. The minimum Gasteiger partial charge on any atom is -0.468 e. The molecule has 0 amide bonds. The van der Waals surface area contributed by atoms with E-state index in [1.165, 1.54) is 0 Å². The highest BCUT2D eigenvalue weighted by Crippen LogP contribution is 2.41. The number of nitrogens with one attached hydrogen (secondary N) is 1. The summed E-state index contributed by atoms with van der Waals surface area (Å²) in [6, 6.07) is 3.84. The molecule has 0 aromatic carbocycles. The second-order valence-corrected chi connectivity index (χ2v) is 4.74. The topological polar surface area (TPSA) is 25.2 Å². The SMILES string of the molecule is CCNC(c1ccco1)C1CCC(F)(F)CC1. The van der Waals surface area contributed by atoms with Crippen molar-refractivity contribution in [3.8, 4) is 0 Å². The van der Waals surface area contributed by atoms with Crippen LogP contribution in [0.3, 0.4) is 0 Å². The van der Waals surface area contributed by atoms with E-state index in [0.717, 1.165) is 12.3 Å². The monoisotopic (exact) mass is 243 g/mol. The lowest BCUT2D eigenvalue weighted by atomic mass is 9.81. The number of furan rings is 1. The summed E-state index contributed by atoms with van der Waals surface area (Å²) in [5.74, 6) is -1.35. The lowest BCUT2D eigenvalue weighted by molar-refractivity contribution is -0.0504. The zero-order chi connectivity index (χ0) is 12.3. The van der Waals surface area contributed by atoms with E-state index in [9.17, 15) is 8.78 Å². The van der Waals surface area contributed by atoms with Crippen LogP contribution in [0.25, 0.3) is 0 Å². The maximum Gasteiger partial charge on any atom is 0.248 e. The molecule has 1 aromatic heterocycles. The summed E-state index contributed by atoms with van der Waals surface area (Å²) in [6.07, 6.45) is 2.76. The molecule has 1 heterocycles. The Kier molecular flexibility index (Phi) is 3.82. The highest BCUT2D eigenvalue weighted by atomic mass is 19.3. The highest BCUT2D eigenvalue weighted by molar-refractivity contribution is 5.06. The van der Waals surface area contributed by atoms with Crippen LogP contribution < -0.4 is 5.32 Å². The predicted octanol–water partition coefficient (Wildman–Crippen LogP) is 3.76. The van der Waals surface area contributed by atoms with E-state index in [1.54, 1.807) is 6.26 Å².